The van der Waals surface area contributed by atoms with Crippen molar-refractivity contribution >= 4 is 5.69 Å². The van der Waals surface area contributed by atoms with Crippen molar-refractivity contribution in [2.24, 2.45) is 5.73 Å². The first-order valence-corrected chi connectivity index (χ1v) is 4.55. The second-order valence-corrected chi connectivity index (χ2v) is 3.39. The molecule has 0 aromatic heterocycles. The number of fused-ring (bicyclic) bond motifs is 1. The lowest BCUT2D eigenvalue weighted by Crippen LogP contribution is -2.33. The fourth-order valence-corrected chi connectivity index (χ4v) is 1.72. The first-order valence-electron chi connectivity index (χ1n) is 4.55. The molecule has 3 N–H and O–H groups in total. The van der Waals surface area contributed by atoms with Crippen molar-refractivity contribution in [2.45, 2.75) is 18.9 Å². The fraction of sp³-hybridized carbons (Fsp3) is 0.400. The van der Waals surface area contributed by atoms with Crippen LogP contribution in [0.15, 0.2) is 18.2 Å². The van der Waals surface area contributed by atoms with Gasteiger partial charge in [-0.05, 0) is 24.5 Å². The number of aryl methyl sites for hydroxylation is 1. The summed E-state index contributed by atoms with van der Waals surface area (Å²) in [6, 6.07) is 5.41. The van der Waals surface area contributed by atoms with Crippen molar-refractivity contribution in [3.8, 4) is 0 Å². The van der Waals surface area contributed by atoms with Gasteiger partial charge >= 0.3 is 0 Å². The number of hydrogen-bond acceptors (Lipinski definition) is 2. The van der Waals surface area contributed by atoms with E-state index < -0.39 is 0 Å². The molecule has 3 heteroatoms. The van der Waals surface area contributed by atoms with Crippen molar-refractivity contribution in [3.05, 3.63) is 29.6 Å². The quantitative estimate of drug-likeness (QED) is 0.687. The Morgan fingerprint density at radius 3 is 3.15 bits per heavy atom. The molecule has 1 aliphatic heterocycles. The average Bonchev–Trinajstić information content (AvgIpc) is 2.18. The number of hydrogen-bond donors (Lipinski definition) is 2. The monoisotopic (exact) mass is 180 g/mol. The molecule has 1 aromatic carbocycles. The first kappa shape index (κ1) is 8.51. The molecule has 13 heavy (non-hydrogen) atoms. The van der Waals surface area contributed by atoms with Gasteiger partial charge in [0.05, 0.1) is 5.69 Å². The zero-order valence-corrected chi connectivity index (χ0v) is 7.39. The van der Waals surface area contributed by atoms with Gasteiger partial charge in [-0.1, -0.05) is 12.1 Å². The van der Waals surface area contributed by atoms with Crippen LogP contribution in [0.4, 0.5) is 10.1 Å². The van der Waals surface area contributed by atoms with Gasteiger partial charge in [0.25, 0.3) is 0 Å². The van der Waals surface area contributed by atoms with E-state index in [0.717, 1.165) is 18.4 Å². The summed E-state index contributed by atoms with van der Waals surface area (Å²) in [6.45, 7) is 0.563. The number of halogens is 1. The third kappa shape index (κ3) is 1.52. The van der Waals surface area contributed by atoms with Crippen molar-refractivity contribution in [1.29, 1.82) is 0 Å². The fourth-order valence-electron chi connectivity index (χ4n) is 1.72. The molecule has 0 amide bonds. The standard InChI is InChI=1S/C10H13FN2/c11-9-3-1-2-7-4-5-8(6-12)13-10(7)9/h1-3,8,13H,4-6,12H2. The van der Waals surface area contributed by atoms with Crippen molar-refractivity contribution in [3.63, 3.8) is 0 Å². The van der Waals surface area contributed by atoms with E-state index in [4.69, 9.17) is 5.73 Å². The maximum atomic E-state index is 13.3. The number of para-hydroxylation sites is 1. The Balaban J connectivity index is 2.32. The minimum absolute atomic E-state index is 0.171. The summed E-state index contributed by atoms with van der Waals surface area (Å²) < 4.78 is 13.3. The SMILES string of the molecule is NCC1CCc2cccc(F)c2N1. The number of benzene rings is 1. The normalized spacial score (nSPS) is 20.6. The van der Waals surface area contributed by atoms with Gasteiger partial charge in [0.15, 0.2) is 0 Å². The molecular weight excluding hydrogens is 167 g/mol. The van der Waals surface area contributed by atoms with Crippen molar-refractivity contribution in [1.82, 2.24) is 0 Å². The highest BCUT2D eigenvalue weighted by molar-refractivity contribution is 5.55. The second kappa shape index (κ2) is 3.34. The van der Waals surface area contributed by atoms with Gasteiger partial charge in [0.2, 0.25) is 0 Å². The Hall–Kier alpha value is -1.09. The Morgan fingerprint density at radius 1 is 1.54 bits per heavy atom. The van der Waals surface area contributed by atoms with Gasteiger partial charge in [-0.15, -0.1) is 0 Å². The van der Waals surface area contributed by atoms with Crippen LogP contribution in [0.25, 0.3) is 0 Å². The minimum Gasteiger partial charge on any atom is -0.378 e. The summed E-state index contributed by atoms with van der Waals surface area (Å²) in [7, 11) is 0. The molecule has 1 unspecified atom stereocenters. The summed E-state index contributed by atoms with van der Waals surface area (Å²) in [5.74, 6) is -0.171. The summed E-state index contributed by atoms with van der Waals surface area (Å²) >= 11 is 0. The van der Waals surface area contributed by atoms with Crippen LogP contribution in [0.5, 0.6) is 0 Å². The molecule has 0 saturated carbocycles. The number of anilines is 1. The lowest BCUT2D eigenvalue weighted by Gasteiger charge is -2.26. The Labute approximate surface area is 76.9 Å². The molecule has 0 bridgehead atoms. The maximum absolute atomic E-state index is 13.3. The van der Waals surface area contributed by atoms with E-state index in [-0.39, 0.29) is 11.9 Å². The van der Waals surface area contributed by atoms with Crippen LogP contribution in [0.2, 0.25) is 0 Å². The maximum Gasteiger partial charge on any atom is 0.146 e. The van der Waals surface area contributed by atoms with E-state index >= 15 is 0 Å². The Morgan fingerprint density at radius 2 is 2.38 bits per heavy atom. The first-order chi connectivity index (χ1) is 6.31. The van der Waals surface area contributed by atoms with Gasteiger partial charge in [-0.2, -0.15) is 0 Å². The average molecular weight is 180 g/mol. The smallest absolute Gasteiger partial charge is 0.146 e. The van der Waals surface area contributed by atoms with Gasteiger partial charge in [0, 0.05) is 12.6 Å². The molecule has 0 fully saturated rings. The predicted molar refractivity (Wildman–Crippen MR) is 51.2 cm³/mol. The molecule has 2 nitrogen and oxygen atoms in total. The lowest BCUT2D eigenvalue weighted by molar-refractivity contribution is 0.593. The molecule has 0 saturated heterocycles. The molecule has 70 valence electrons. The molecule has 2 rings (SSSR count). The van der Waals surface area contributed by atoms with E-state index in [1.54, 1.807) is 6.07 Å². The molecule has 1 aliphatic rings. The Kier molecular flexibility index (Phi) is 2.19. The largest absolute Gasteiger partial charge is 0.378 e. The molecular formula is C10H13FN2. The molecule has 1 atom stereocenters. The van der Waals surface area contributed by atoms with Gasteiger partial charge in [-0.3, -0.25) is 0 Å². The molecule has 0 aliphatic carbocycles. The van der Waals surface area contributed by atoms with Gasteiger partial charge in [-0.25, -0.2) is 4.39 Å². The van der Waals surface area contributed by atoms with Crippen LogP contribution in [-0.4, -0.2) is 12.6 Å². The minimum atomic E-state index is -0.171. The van der Waals surface area contributed by atoms with E-state index in [2.05, 4.69) is 5.32 Å². The van der Waals surface area contributed by atoms with Crippen LogP contribution in [0.1, 0.15) is 12.0 Å². The van der Waals surface area contributed by atoms with Crippen LogP contribution < -0.4 is 11.1 Å². The third-order valence-electron chi connectivity index (χ3n) is 2.50. The molecule has 0 spiro atoms. The lowest BCUT2D eigenvalue weighted by atomic mass is 9.98. The summed E-state index contributed by atoms with van der Waals surface area (Å²) in [6.07, 6.45) is 1.91. The van der Waals surface area contributed by atoms with Crippen LogP contribution in [0.3, 0.4) is 0 Å². The van der Waals surface area contributed by atoms with Crippen molar-refractivity contribution in [2.75, 3.05) is 11.9 Å². The number of nitrogens with one attached hydrogen (secondary N) is 1. The molecule has 0 radical (unpaired) electrons. The topological polar surface area (TPSA) is 38.0 Å². The zero-order chi connectivity index (χ0) is 9.26. The predicted octanol–water partition coefficient (Wildman–Crippen LogP) is 1.51. The summed E-state index contributed by atoms with van der Waals surface area (Å²) in [5.41, 5.74) is 7.23. The summed E-state index contributed by atoms with van der Waals surface area (Å²) in [4.78, 5) is 0. The van der Waals surface area contributed by atoms with Crippen LogP contribution in [-0.2, 0) is 6.42 Å². The van der Waals surface area contributed by atoms with Crippen molar-refractivity contribution < 1.29 is 4.39 Å². The van der Waals surface area contributed by atoms with E-state index in [1.165, 1.54) is 6.07 Å². The molecule has 1 heterocycles. The van der Waals surface area contributed by atoms with E-state index in [9.17, 15) is 4.39 Å². The highest BCUT2D eigenvalue weighted by Gasteiger charge is 2.18. The number of rotatable bonds is 1. The molecule has 1 aromatic rings. The van der Waals surface area contributed by atoms with E-state index in [0.29, 0.717) is 12.2 Å². The Bertz CT molecular complexity index is 312. The van der Waals surface area contributed by atoms with Gasteiger partial charge in [0.1, 0.15) is 5.82 Å². The van der Waals surface area contributed by atoms with Crippen LogP contribution in [0, 0.1) is 5.82 Å². The highest BCUT2D eigenvalue weighted by Crippen LogP contribution is 2.26. The zero-order valence-electron chi connectivity index (χ0n) is 7.39. The van der Waals surface area contributed by atoms with Crippen LogP contribution >= 0.6 is 0 Å². The van der Waals surface area contributed by atoms with Gasteiger partial charge < -0.3 is 11.1 Å². The second-order valence-electron chi connectivity index (χ2n) is 3.39. The highest BCUT2D eigenvalue weighted by atomic mass is 19.1. The van der Waals surface area contributed by atoms with E-state index in [1.807, 2.05) is 6.07 Å². The number of nitrogens with two attached hydrogens (primary N) is 1. The third-order valence-corrected chi connectivity index (χ3v) is 2.50. The summed E-state index contributed by atoms with van der Waals surface area (Å²) in [5, 5.41) is 3.11.